The first-order valence-corrected chi connectivity index (χ1v) is 4.38. The van der Waals surface area contributed by atoms with Gasteiger partial charge in [0.15, 0.2) is 0 Å². The molecule has 0 aliphatic carbocycles. The Balaban J connectivity index is 0.000000218. The van der Waals surface area contributed by atoms with Crippen LogP contribution in [0.1, 0.15) is 0 Å². The molecule has 0 aromatic heterocycles. The molecule has 1 aromatic rings. The predicted octanol–water partition coefficient (Wildman–Crippen LogP) is -0.185. The number of phenols is 1. The molecule has 1 aromatic carbocycles. The second-order valence-corrected chi connectivity index (χ2v) is 3.00. The normalized spacial score (nSPS) is 8.82. The van der Waals surface area contributed by atoms with Crippen LogP contribution in [0.15, 0.2) is 30.3 Å². The van der Waals surface area contributed by atoms with Crippen LogP contribution in [0.5, 0.6) is 5.75 Å². The van der Waals surface area contributed by atoms with Crippen molar-refractivity contribution in [1.29, 1.82) is 0 Å². The molecule has 3 nitrogen and oxygen atoms in total. The molecule has 56 valence electrons. The van der Waals surface area contributed by atoms with Gasteiger partial charge < -0.3 is 5.11 Å². The van der Waals surface area contributed by atoms with E-state index in [1.807, 2.05) is 6.07 Å². The molecule has 0 aliphatic heterocycles. The first kappa shape index (κ1) is 10.9. The molecule has 0 bridgehead atoms. The average molecular weight is 164 g/mol. The molecule has 0 radical (unpaired) electrons. The molecule has 0 saturated carbocycles. The number of aliphatic hydroxyl groups is 2. The fraction of sp³-hybridized carbons (Fsp3) is 0.143. The second kappa shape index (κ2) is 6.64. The van der Waals surface area contributed by atoms with E-state index in [-0.39, 0.29) is 0 Å². The number of phenolic OH excluding ortho intramolecular Hbond substituents is 1. The van der Waals surface area contributed by atoms with Crippen molar-refractivity contribution in [2.45, 2.75) is 3.54 Å². The summed E-state index contributed by atoms with van der Waals surface area (Å²) in [6, 6.07) is 8.71. The van der Waals surface area contributed by atoms with Gasteiger partial charge in [-0.1, -0.05) is 18.2 Å². The minimum Gasteiger partial charge on any atom is -0.508 e. The standard InChI is InChI=1S/C6H6O.CH3O2.Na/c7-6-4-2-1-3-5-6;2-1-3;/h1-5,7H;1-3H;. The van der Waals surface area contributed by atoms with Crippen LogP contribution >= 0.6 is 0 Å². The Bertz CT molecular complexity index is 174. The molecule has 11 heavy (non-hydrogen) atoms. The summed E-state index contributed by atoms with van der Waals surface area (Å²) in [5.41, 5.74) is 0. The zero-order chi connectivity index (χ0) is 8.69. The first-order chi connectivity index (χ1) is 5.13. The van der Waals surface area contributed by atoms with E-state index in [4.69, 9.17) is 15.3 Å². The summed E-state index contributed by atoms with van der Waals surface area (Å²) in [5, 5.41) is 24.0. The summed E-state index contributed by atoms with van der Waals surface area (Å²) in [5.74, 6) is 0.322. The van der Waals surface area contributed by atoms with E-state index < -0.39 is 3.54 Å². The molecule has 0 fully saturated rings. The Hall–Kier alpha value is -0.0600. The smallest absolute Gasteiger partial charge is 0.115 e. The number of rotatable bonds is 0. The Morgan fingerprint density at radius 3 is 1.64 bits per heavy atom. The number of benzene rings is 1. The molecule has 0 spiro atoms. The van der Waals surface area contributed by atoms with Gasteiger partial charge in [-0.05, 0) is 12.1 Å². The number of hydrogen-bond acceptors (Lipinski definition) is 3. The van der Waals surface area contributed by atoms with Gasteiger partial charge in [-0.25, -0.2) is 0 Å². The van der Waals surface area contributed by atoms with Crippen molar-refractivity contribution < 1.29 is 15.3 Å². The Labute approximate surface area is 82.7 Å². The molecular weight excluding hydrogens is 155 g/mol. The van der Waals surface area contributed by atoms with E-state index in [2.05, 4.69) is 0 Å². The van der Waals surface area contributed by atoms with E-state index in [0.717, 1.165) is 0 Å². The Morgan fingerprint density at radius 2 is 1.45 bits per heavy atom. The fourth-order valence-corrected chi connectivity index (χ4v) is 0.428. The van der Waals surface area contributed by atoms with E-state index in [1.165, 1.54) is 0 Å². The zero-order valence-corrected chi connectivity index (χ0v) is 8.31. The van der Waals surface area contributed by atoms with Gasteiger partial charge in [-0.15, -0.1) is 0 Å². The van der Waals surface area contributed by atoms with Crippen molar-refractivity contribution in [2.24, 2.45) is 0 Å². The van der Waals surface area contributed by atoms with Gasteiger partial charge in [0.2, 0.25) is 0 Å². The summed E-state index contributed by atoms with van der Waals surface area (Å²) in [4.78, 5) is 0. The third-order valence-corrected chi connectivity index (χ3v) is 0.756. The zero-order valence-electron chi connectivity index (χ0n) is 6.31. The van der Waals surface area contributed by atoms with Gasteiger partial charge in [-0.2, -0.15) is 0 Å². The summed E-state index contributed by atoms with van der Waals surface area (Å²) in [6.07, 6.45) is 0. The number of hydrogen-bond donors (Lipinski definition) is 3. The molecule has 3 N–H and O–H groups in total. The number of aromatic hydroxyl groups is 1. The molecule has 0 aliphatic rings. The molecule has 0 heterocycles. The van der Waals surface area contributed by atoms with Gasteiger partial charge in [0, 0.05) is 0 Å². The van der Waals surface area contributed by atoms with Crippen LogP contribution in [-0.4, -0.2) is 46.8 Å². The summed E-state index contributed by atoms with van der Waals surface area (Å²) < 4.78 is -1.03. The maximum absolute atomic E-state index is 8.63. The van der Waals surface area contributed by atoms with Crippen LogP contribution < -0.4 is 0 Å². The molecule has 1 rings (SSSR count). The first-order valence-electron chi connectivity index (χ1n) is 3.23. The van der Waals surface area contributed by atoms with Gasteiger partial charge in [0.05, 0.1) is 0 Å². The van der Waals surface area contributed by atoms with Crippen LogP contribution in [0, 0.1) is 0 Å². The third kappa shape index (κ3) is 9.94. The SMILES string of the molecule is O[CH](O)[Na].Oc1ccccc1. The largest absolute Gasteiger partial charge is 0.508 e. The minimum absolute atomic E-state index is 0.322. The second-order valence-electron chi connectivity index (χ2n) is 1.97. The maximum atomic E-state index is 8.63. The maximum Gasteiger partial charge on any atom is 0.115 e. The molecule has 0 amide bonds. The predicted molar refractivity (Wildman–Crippen MR) is 42.1 cm³/mol. The van der Waals surface area contributed by atoms with Gasteiger partial charge >= 0.3 is 41.7 Å². The van der Waals surface area contributed by atoms with Crippen molar-refractivity contribution in [1.82, 2.24) is 0 Å². The van der Waals surface area contributed by atoms with Crippen molar-refractivity contribution in [3.05, 3.63) is 30.3 Å². The van der Waals surface area contributed by atoms with Crippen LogP contribution in [0.2, 0.25) is 0 Å². The van der Waals surface area contributed by atoms with Crippen molar-refractivity contribution in [2.75, 3.05) is 0 Å². The quantitative estimate of drug-likeness (QED) is 0.368. The van der Waals surface area contributed by atoms with Crippen LogP contribution in [0.4, 0.5) is 0 Å². The summed E-state index contributed by atoms with van der Waals surface area (Å²) in [7, 11) is 0. The van der Waals surface area contributed by atoms with E-state index in [0.29, 0.717) is 33.7 Å². The average Bonchev–Trinajstić information content (AvgIpc) is 1.87. The van der Waals surface area contributed by atoms with Crippen LogP contribution in [-0.2, 0) is 0 Å². The van der Waals surface area contributed by atoms with E-state index >= 15 is 0 Å². The molecule has 0 unspecified atom stereocenters. The van der Waals surface area contributed by atoms with E-state index in [9.17, 15) is 0 Å². The summed E-state index contributed by atoms with van der Waals surface area (Å²) in [6.45, 7) is 0. The third-order valence-electron chi connectivity index (χ3n) is 0.756. The molecule has 0 saturated heterocycles. The van der Waals surface area contributed by atoms with Crippen LogP contribution in [0.3, 0.4) is 0 Å². The van der Waals surface area contributed by atoms with Crippen molar-refractivity contribution in [3.8, 4) is 5.75 Å². The van der Waals surface area contributed by atoms with Gasteiger partial charge in [-0.3, -0.25) is 0 Å². The van der Waals surface area contributed by atoms with Crippen molar-refractivity contribution in [3.63, 3.8) is 0 Å². The Kier molecular flexibility index (Phi) is 6.60. The van der Waals surface area contributed by atoms with E-state index in [1.54, 1.807) is 24.3 Å². The fourth-order valence-electron chi connectivity index (χ4n) is 0.428. The molecular formula is C7H9NaO3. The van der Waals surface area contributed by atoms with Crippen molar-refractivity contribution >= 4 is 27.9 Å². The summed E-state index contributed by atoms with van der Waals surface area (Å²) >= 11 is 0.460. The monoisotopic (exact) mass is 164 g/mol. The topological polar surface area (TPSA) is 60.7 Å². The number of para-hydroxylation sites is 1. The molecule has 0 atom stereocenters. The van der Waals surface area contributed by atoms with Gasteiger partial charge in [0.1, 0.15) is 5.75 Å². The van der Waals surface area contributed by atoms with Gasteiger partial charge in [0.25, 0.3) is 0 Å². The number of aliphatic hydroxyl groups excluding tert-OH is 1. The Morgan fingerprint density at radius 1 is 1.09 bits per heavy atom. The minimum atomic E-state index is -1.03. The van der Waals surface area contributed by atoms with Crippen LogP contribution in [0.25, 0.3) is 0 Å². The molecule has 4 heteroatoms.